The minimum absolute atomic E-state index is 0.216. The third kappa shape index (κ3) is 3.92. The lowest BCUT2D eigenvalue weighted by Crippen LogP contribution is -2.23. The van der Waals surface area contributed by atoms with Gasteiger partial charge in [-0.1, -0.05) is 50.1 Å². The van der Waals surface area contributed by atoms with E-state index >= 15 is 0 Å². The summed E-state index contributed by atoms with van der Waals surface area (Å²) in [4.78, 5) is 0.216. The maximum Gasteiger partial charge on any atom is 0.241 e. The van der Waals surface area contributed by atoms with Crippen molar-refractivity contribution in [2.24, 2.45) is 0 Å². The molecule has 7 heteroatoms. The molecular formula is C13H10Br3NO2S. The molecule has 2 aromatic carbocycles. The zero-order chi connectivity index (χ0) is 14.8. The Kier molecular flexibility index (Phi) is 5.42. The van der Waals surface area contributed by atoms with Gasteiger partial charge in [0.05, 0.1) is 4.90 Å². The molecule has 0 heterocycles. The first-order chi connectivity index (χ1) is 9.40. The van der Waals surface area contributed by atoms with Gasteiger partial charge in [0.25, 0.3) is 0 Å². The number of hydrogen-bond acceptors (Lipinski definition) is 2. The number of rotatable bonds is 4. The Labute approximate surface area is 143 Å². The van der Waals surface area contributed by atoms with Crippen LogP contribution in [0.5, 0.6) is 0 Å². The second kappa shape index (κ2) is 6.70. The van der Waals surface area contributed by atoms with Crippen LogP contribution in [0.4, 0.5) is 0 Å². The number of benzene rings is 2. The Hall–Kier alpha value is -0.210. The van der Waals surface area contributed by atoms with Crippen molar-refractivity contribution in [1.29, 1.82) is 0 Å². The summed E-state index contributed by atoms with van der Waals surface area (Å²) in [6.45, 7) is 0.228. The van der Waals surface area contributed by atoms with E-state index in [4.69, 9.17) is 0 Å². The Morgan fingerprint density at radius 2 is 1.65 bits per heavy atom. The van der Waals surface area contributed by atoms with Crippen LogP contribution in [0.3, 0.4) is 0 Å². The van der Waals surface area contributed by atoms with Crippen molar-refractivity contribution in [3.05, 3.63) is 61.4 Å². The molecular weight excluding hydrogens is 474 g/mol. The molecule has 0 saturated heterocycles. The van der Waals surface area contributed by atoms with E-state index < -0.39 is 10.0 Å². The van der Waals surface area contributed by atoms with Gasteiger partial charge in [-0.25, -0.2) is 13.1 Å². The van der Waals surface area contributed by atoms with Crippen LogP contribution in [0.1, 0.15) is 5.56 Å². The second-order valence-corrected chi connectivity index (χ2v) is 8.35. The van der Waals surface area contributed by atoms with E-state index in [-0.39, 0.29) is 11.4 Å². The van der Waals surface area contributed by atoms with Gasteiger partial charge in [-0.3, -0.25) is 0 Å². The monoisotopic (exact) mass is 481 g/mol. The van der Waals surface area contributed by atoms with Crippen LogP contribution in [0.2, 0.25) is 0 Å². The van der Waals surface area contributed by atoms with E-state index in [9.17, 15) is 8.42 Å². The molecule has 0 aliphatic carbocycles. The van der Waals surface area contributed by atoms with Gasteiger partial charge in [-0.05, 0) is 45.8 Å². The van der Waals surface area contributed by atoms with Crippen molar-refractivity contribution < 1.29 is 8.42 Å². The van der Waals surface area contributed by atoms with E-state index in [1.807, 2.05) is 24.3 Å². The highest BCUT2D eigenvalue weighted by Crippen LogP contribution is 2.26. The lowest BCUT2D eigenvalue weighted by Gasteiger charge is -2.10. The third-order valence-electron chi connectivity index (χ3n) is 2.59. The van der Waals surface area contributed by atoms with Gasteiger partial charge in [-0.15, -0.1) is 0 Å². The molecule has 0 spiro atoms. The predicted molar refractivity (Wildman–Crippen MR) is 90.0 cm³/mol. The molecule has 0 unspecified atom stereocenters. The maximum atomic E-state index is 12.3. The van der Waals surface area contributed by atoms with Crippen molar-refractivity contribution in [3.63, 3.8) is 0 Å². The highest BCUT2D eigenvalue weighted by atomic mass is 79.9. The molecule has 2 aromatic rings. The van der Waals surface area contributed by atoms with E-state index in [1.165, 1.54) is 0 Å². The zero-order valence-electron chi connectivity index (χ0n) is 10.1. The van der Waals surface area contributed by atoms with E-state index in [2.05, 4.69) is 52.5 Å². The molecule has 3 nitrogen and oxygen atoms in total. The van der Waals surface area contributed by atoms with Crippen molar-refractivity contribution in [2.75, 3.05) is 0 Å². The molecule has 0 aliphatic rings. The first-order valence-corrected chi connectivity index (χ1v) is 9.44. The summed E-state index contributed by atoms with van der Waals surface area (Å²) in [6, 6.07) is 12.4. The third-order valence-corrected chi connectivity index (χ3v) is 6.24. The van der Waals surface area contributed by atoms with Crippen LogP contribution in [0.25, 0.3) is 0 Å². The summed E-state index contributed by atoms with van der Waals surface area (Å²) < 4.78 is 29.4. The first kappa shape index (κ1) is 16.2. The Bertz CT molecular complexity index is 732. The van der Waals surface area contributed by atoms with Crippen LogP contribution >= 0.6 is 47.8 Å². The smallest absolute Gasteiger partial charge is 0.207 e. The first-order valence-electron chi connectivity index (χ1n) is 5.58. The Balaban J connectivity index is 2.22. The standard InChI is InChI=1S/C13H10Br3NO2S/c14-10-5-6-13(12(16)7-10)20(18,19)17-8-9-3-1-2-4-11(9)15/h1-7,17H,8H2. The van der Waals surface area contributed by atoms with Gasteiger partial charge < -0.3 is 0 Å². The molecule has 2 rings (SSSR count). The van der Waals surface area contributed by atoms with Gasteiger partial charge in [-0.2, -0.15) is 0 Å². The summed E-state index contributed by atoms with van der Waals surface area (Å²) in [7, 11) is -3.56. The highest BCUT2D eigenvalue weighted by Gasteiger charge is 2.17. The van der Waals surface area contributed by atoms with Crippen LogP contribution in [0, 0.1) is 0 Å². The molecule has 0 atom stereocenters. The topological polar surface area (TPSA) is 46.2 Å². The highest BCUT2D eigenvalue weighted by molar-refractivity contribution is 9.11. The fourth-order valence-electron chi connectivity index (χ4n) is 1.59. The van der Waals surface area contributed by atoms with Crippen LogP contribution in [-0.4, -0.2) is 8.42 Å². The van der Waals surface area contributed by atoms with Crippen LogP contribution in [0.15, 0.2) is 60.8 Å². The zero-order valence-corrected chi connectivity index (χ0v) is 15.7. The van der Waals surface area contributed by atoms with Crippen molar-refractivity contribution in [3.8, 4) is 0 Å². The summed E-state index contributed by atoms with van der Waals surface area (Å²) in [5, 5.41) is 0. The van der Waals surface area contributed by atoms with Crippen molar-refractivity contribution >= 4 is 57.8 Å². The van der Waals surface area contributed by atoms with Crippen LogP contribution in [-0.2, 0) is 16.6 Å². The van der Waals surface area contributed by atoms with Gasteiger partial charge in [0.1, 0.15) is 0 Å². The minimum Gasteiger partial charge on any atom is -0.207 e. The minimum atomic E-state index is -3.56. The number of halogens is 3. The lowest BCUT2D eigenvalue weighted by molar-refractivity contribution is 0.580. The molecule has 0 saturated carbocycles. The summed E-state index contributed by atoms with van der Waals surface area (Å²) in [5.41, 5.74) is 0.879. The molecule has 0 amide bonds. The molecule has 0 aromatic heterocycles. The average Bonchev–Trinajstić information content (AvgIpc) is 2.37. The van der Waals surface area contributed by atoms with Crippen molar-refractivity contribution in [2.45, 2.75) is 11.4 Å². The molecule has 0 radical (unpaired) electrons. The fraction of sp³-hybridized carbons (Fsp3) is 0.0769. The predicted octanol–water partition coefficient (Wildman–Crippen LogP) is 4.45. The molecule has 1 N–H and O–H groups in total. The van der Waals surface area contributed by atoms with Gasteiger partial charge in [0.2, 0.25) is 10.0 Å². The fourth-order valence-corrected chi connectivity index (χ4v) is 4.76. The summed E-state index contributed by atoms with van der Waals surface area (Å²) in [6.07, 6.45) is 0. The van der Waals surface area contributed by atoms with Crippen LogP contribution < -0.4 is 4.72 Å². The molecule has 0 fully saturated rings. The van der Waals surface area contributed by atoms with E-state index in [0.717, 1.165) is 14.5 Å². The number of sulfonamides is 1. The van der Waals surface area contributed by atoms with Gasteiger partial charge in [0, 0.05) is 20.0 Å². The number of hydrogen-bond donors (Lipinski definition) is 1. The lowest BCUT2D eigenvalue weighted by atomic mass is 10.2. The summed E-state index contributed by atoms with van der Waals surface area (Å²) >= 11 is 9.96. The van der Waals surface area contributed by atoms with Gasteiger partial charge in [0.15, 0.2) is 0 Å². The Morgan fingerprint density at radius 3 is 2.30 bits per heavy atom. The molecule has 20 heavy (non-hydrogen) atoms. The van der Waals surface area contributed by atoms with Gasteiger partial charge >= 0.3 is 0 Å². The molecule has 106 valence electrons. The average molecular weight is 484 g/mol. The van der Waals surface area contributed by atoms with E-state index in [1.54, 1.807) is 18.2 Å². The quantitative estimate of drug-likeness (QED) is 0.698. The molecule has 0 bridgehead atoms. The Morgan fingerprint density at radius 1 is 0.950 bits per heavy atom. The second-order valence-electron chi connectivity index (χ2n) is 3.99. The van der Waals surface area contributed by atoms with Crippen molar-refractivity contribution in [1.82, 2.24) is 4.72 Å². The largest absolute Gasteiger partial charge is 0.241 e. The summed E-state index contributed by atoms with van der Waals surface area (Å²) in [5.74, 6) is 0. The maximum absolute atomic E-state index is 12.3. The number of nitrogens with one attached hydrogen (secondary N) is 1. The molecule has 0 aliphatic heterocycles. The SMILES string of the molecule is O=S(=O)(NCc1ccccc1Br)c1ccc(Br)cc1Br. The normalized spacial score (nSPS) is 11.6. The van der Waals surface area contributed by atoms with E-state index in [0.29, 0.717) is 4.47 Å².